The van der Waals surface area contributed by atoms with Crippen LogP contribution in [0.3, 0.4) is 0 Å². The lowest BCUT2D eigenvalue weighted by Crippen LogP contribution is -2.55. The minimum absolute atomic E-state index is 0.0857. The molecular weight excluding hydrogens is 423 g/mol. The molecular formula is C22H30F3N5O2. The van der Waals surface area contributed by atoms with Gasteiger partial charge in [0.05, 0.1) is 17.2 Å². The van der Waals surface area contributed by atoms with Crippen LogP contribution in [-0.4, -0.2) is 78.8 Å². The summed E-state index contributed by atoms with van der Waals surface area (Å²) in [6, 6.07) is 4.45. The average molecular weight is 454 g/mol. The number of carbonyl (C=O) groups is 1. The van der Waals surface area contributed by atoms with Crippen LogP contribution in [0.15, 0.2) is 18.2 Å². The lowest BCUT2D eigenvalue weighted by molar-refractivity contribution is -0.138. The number of piperazine rings is 1. The first kappa shape index (κ1) is 24.5. The van der Waals surface area contributed by atoms with Crippen molar-refractivity contribution in [2.24, 2.45) is 5.92 Å². The van der Waals surface area contributed by atoms with Gasteiger partial charge in [-0.3, -0.25) is 9.69 Å². The Morgan fingerprint density at radius 3 is 2.44 bits per heavy atom. The number of nitrogens with zero attached hydrogens (tertiary/aromatic N) is 3. The molecule has 0 spiro atoms. The first-order chi connectivity index (χ1) is 15.1. The van der Waals surface area contributed by atoms with Gasteiger partial charge in [-0.15, -0.1) is 0 Å². The average Bonchev–Trinajstić information content (AvgIpc) is 2.75. The lowest BCUT2D eigenvalue weighted by atomic mass is 9.97. The standard InChI is InChI=1S/C22H30F3N5O2/c1-21(32,15-30-10-8-29(9-11-30)14-16-4-6-27-7-5-16)20(31)28-18-3-2-17(13-26)19(12-18)22(23,24)25/h2-3,12,16,27,32H,4-11,14-15H2,1H3,(H,28,31)/t21-/m0/s1. The van der Waals surface area contributed by atoms with E-state index in [4.69, 9.17) is 5.26 Å². The number of hydrogen-bond acceptors (Lipinski definition) is 6. The van der Waals surface area contributed by atoms with Crippen molar-refractivity contribution in [1.82, 2.24) is 15.1 Å². The van der Waals surface area contributed by atoms with Crippen LogP contribution in [0.25, 0.3) is 0 Å². The molecule has 0 bridgehead atoms. The molecule has 0 radical (unpaired) electrons. The number of carbonyl (C=O) groups excluding carboxylic acids is 1. The van der Waals surface area contributed by atoms with Crippen molar-refractivity contribution >= 4 is 11.6 Å². The molecule has 2 aliphatic heterocycles. The van der Waals surface area contributed by atoms with E-state index in [9.17, 15) is 23.1 Å². The molecule has 0 aliphatic carbocycles. The van der Waals surface area contributed by atoms with Crippen molar-refractivity contribution in [3.05, 3.63) is 29.3 Å². The molecule has 10 heteroatoms. The largest absolute Gasteiger partial charge is 0.417 e. The van der Waals surface area contributed by atoms with Crippen molar-refractivity contribution in [3.8, 4) is 6.07 Å². The first-order valence-corrected chi connectivity index (χ1v) is 10.9. The SMILES string of the molecule is C[C@](O)(CN1CCN(CC2CCNCC2)CC1)C(=O)Nc1ccc(C#N)c(C(F)(F)F)c1. The third kappa shape index (κ3) is 6.42. The van der Waals surface area contributed by atoms with Crippen LogP contribution in [0.5, 0.6) is 0 Å². The molecule has 176 valence electrons. The van der Waals surface area contributed by atoms with Crippen molar-refractivity contribution in [1.29, 1.82) is 5.26 Å². The summed E-state index contributed by atoms with van der Waals surface area (Å²) in [5.74, 6) is -0.0850. The zero-order valence-electron chi connectivity index (χ0n) is 18.2. The maximum Gasteiger partial charge on any atom is 0.417 e. The second-order valence-corrected chi connectivity index (χ2v) is 8.87. The number of piperidine rings is 1. The number of rotatable bonds is 6. The third-order valence-corrected chi connectivity index (χ3v) is 6.16. The Kier molecular flexibility index (Phi) is 7.77. The predicted octanol–water partition coefficient (Wildman–Crippen LogP) is 1.88. The van der Waals surface area contributed by atoms with E-state index in [-0.39, 0.29) is 12.2 Å². The molecule has 1 atom stereocenters. The van der Waals surface area contributed by atoms with Crippen molar-refractivity contribution in [3.63, 3.8) is 0 Å². The van der Waals surface area contributed by atoms with Gasteiger partial charge in [-0.2, -0.15) is 18.4 Å². The minimum Gasteiger partial charge on any atom is -0.379 e. The van der Waals surface area contributed by atoms with Gasteiger partial charge in [-0.05, 0) is 57.0 Å². The van der Waals surface area contributed by atoms with Gasteiger partial charge < -0.3 is 20.6 Å². The summed E-state index contributed by atoms with van der Waals surface area (Å²) in [4.78, 5) is 17.0. The highest BCUT2D eigenvalue weighted by Crippen LogP contribution is 2.33. The van der Waals surface area contributed by atoms with Gasteiger partial charge in [0.15, 0.2) is 5.60 Å². The summed E-state index contributed by atoms with van der Waals surface area (Å²) in [6.45, 7) is 7.76. The maximum absolute atomic E-state index is 13.1. The van der Waals surface area contributed by atoms with Crippen LogP contribution in [-0.2, 0) is 11.0 Å². The topological polar surface area (TPSA) is 91.6 Å². The van der Waals surface area contributed by atoms with Gasteiger partial charge in [-0.25, -0.2) is 0 Å². The highest BCUT2D eigenvalue weighted by Gasteiger charge is 2.36. The Morgan fingerprint density at radius 1 is 1.22 bits per heavy atom. The van der Waals surface area contributed by atoms with Crippen molar-refractivity contribution in [2.45, 2.75) is 31.5 Å². The van der Waals surface area contributed by atoms with Crippen LogP contribution < -0.4 is 10.6 Å². The Bertz CT molecular complexity index is 839. The number of hydrogen-bond donors (Lipinski definition) is 3. The van der Waals surface area contributed by atoms with Gasteiger partial charge in [0.1, 0.15) is 0 Å². The molecule has 7 nitrogen and oxygen atoms in total. The highest BCUT2D eigenvalue weighted by molar-refractivity contribution is 5.97. The lowest BCUT2D eigenvalue weighted by Gasteiger charge is -2.39. The number of alkyl halides is 3. The van der Waals surface area contributed by atoms with Crippen LogP contribution in [0.4, 0.5) is 18.9 Å². The Balaban J connectivity index is 1.53. The second-order valence-electron chi connectivity index (χ2n) is 8.87. The van der Waals surface area contributed by atoms with Crippen LogP contribution in [0.2, 0.25) is 0 Å². The van der Waals surface area contributed by atoms with E-state index in [0.717, 1.165) is 38.8 Å². The summed E-state index contributed by atoms with van der Waals surface area (Å²) < 4.78 is 39.4. The van der Waals surface area contributed by atoms with E-state index in [0.29, 0.717) is 25.1 Å². The third-order valence-electron chi connectivity index (χ3n) is 6.16. The van der Waals surface area contributed by atoms with E-state index in [2.05, 4.69) is 15.5 Å². The molecule has 1 aromatic carbocycles. The first-order valence-electron chi connectivity index (χ1n) is 10.9. The van der Waals surface area contributed by atoms with Gasteiger partial charge in [-0.1, -0.05) is 0 Å². The molecule has 1 amide bonds. The molecule has 32 heavy (non-hydrogen) atoms. The molecule has 2 fully saturated rings. The van der Waals surface area contributed by atoms with E-state index < -0.39 is 28.8 Å². The van der Waals surface area contributed by atoms with E-state index in [1.807, 2.05) is 4.90 Å². The normalized spacial score (nSPS) is 21.0. The summed E-state index contributed by atoms with van der Waals surface area (Å²) in [5.41, 5.74) is -3.54. The zero-order chi connectivity index (χ0) is 23.4. The second kappa shape index (κ2) is 10.2. The minimum atomic E-state index is -4.72. The summed E-state index contributed by atoms with van der Waals surface area (Å²) in [6.07, 6.45) is -2.36. The molecule has 2 saturated heterocycles. The van der Waals surface area contributed by atoms with Gasteiger partial charge in [0, 0.05) is 45.0 Å². The number of amides is 1. The molecule has 2 heterocycles. The Hall–Kier alpha value is -2.19. The number of anilines is 1. The monoisotopic (exact) mass is 453 g/mol. The quantitative estimate of drug-likeness (QED) is 0.609. The number of nitriles is 1. The number of halogens is 3. The fourth-order valence-corrected chi connectivity index (χ4v) is 4.29. The van der Waals surface area contributed by atoms with Gasteiger partial charge in [0.2, 0.25) is 0 Å². The number of aliphatic hydroxyl groups is 1. The number of benzene rings is 1. The molecule has 3 N–H and O–H groups in total. The fraction of sp³-hybridized carbons (Fsp3) is 0.636. The van der Waals surface area contributed by atoms with Crippen LogP contribution >= 0.6 is 0 Å². The Morgan fingerprint density at radius 2 is 1.84 bits per heavy atom. The summed E-state index contributed by atoms with van der Waals surface area (Å²) in [5, 5.41) is 25.3. The van der Waals surface area contributed by atoms with Crippen molar-refractivity contribution in [2.75, 3.05) is 57.7 Å². The smallest absolute Gasteiger partial charge is 0.379 e. The summed E-state index contributed by atoms with van der Waals surface area (Å²) in [7, 11) is 0. The molecule has 3 rings (SSSR count). The van der Waals surface area contributed by atoms with Gasteiger partial charge in [0.25, 0.3) is 5.91 Å². The molecule has 2 aliphatic rings. The number of nitrogens with one attached hydrogen (secondary N) is 2. The fourth-order valence-electron chi connectivity index (χ4n) is 4.29. The zero-order valence-corrected chi connectivity index (χ0v) is 18.2. The van der Waals surface area contributed by atoms with E-state index in [1.165, 1.54) is 31.9 Å². The van der Waals surface area contributed by atoms with Gasteiger partial charge >= 0.3 is 6.18 Å². The maximum atomic E-state index is 13.1. The number of β-amino-alcohol motifs (C(OH)–C–C–N with tert-alkyl or cyclic N) is 1. The van der Waals surface area contributed by atoms with Crippen LogP contribution in [0, 0.1) is 17.2 Å². The predicted molar refractivity (Wildman–Crippen MR) is 114 cm³/mol. The molecule has 1 aromatic rings. The highest BCUT2D eigenvalue weighted by atomic mass is 19.4. The van der Waals surface area contributed by atoms with Crippen LogP contribution in [0.1, 0.15) is 30.9 Å². The summed E-state index contributed by atoms with van der Waals surface area (Å²) >= 11 is 0. The molecule has 0 saturated carbocycles. The van der Waals surface area contributed by atoms with E-state index >= 15 is 0 Å². The molecule has 0 aromatic heterocycles. The van der Waals surface area contributed by atoms with E-state index in [1.54, 1.807) is 0 Å². The van der Waals surface area contributed by atoms with Crippen molar-refractivity contribution < 1.29 is 23.1 Å². The molecule has 0 unspecified atom stereocenters. The Labute approximate surface area is 186 Å².